The minimum absolute atomic E-state index is 0.761. The van der Waals surface area contributed by atoms with Crippen molar-refractivity contribution in [3.05, 3.63) is 52.5 Å². The van der Waals surface area contributed by atoms with Crippen molar-refractivity contribution in [1.82, 2.24) is 0 Å². The lowest BCUT2D eigenvalue weighted by atomic mass is 10.1. The van der Waals surface area contributed by atoms with Gasteiger partial charge in [-0.3, -0.25) is 0 Å². The zero-order valence-corrected chi connectivity index (χ0v) is 15.8. The molecule has 128 valence electrons. The topological polar surface area (TPSA) is 26.1 Å². The molecule has 1 aliphatic heterocycles. The molecule has 0 atom stereocenters. The number of ether oxygens (including phenoxy) is 2. The Labute approximate surface area is 152 Å². The number of quaternary nitrogens is 1. The summed E-state index contributed by atoms with van der Waals surface area (Å²) in [4.78, 5) is 4.06. The first kappa shape index (κ1) is 17.1. The zero-order valence-electron chi connectivity index (χ0n) is 14.2. The number of anilines is 1. The van der Waals surface area contributed by atoms with E-state index >= 15 is 0 Å². The number of hydrogen-bond acceptors (Lipinski definition) is 3. The van der Waals surface area contributed by atoms with Crippen LogP contribution in [0.4, 0.5) is 5.69 Å². The third kappa shape index (κ3) is 3.84. The summed E-state index contributed by atoms with van der Waals surface area (Å²) in [6.07, 6.45) is 0. The summed E-state index contributed by atoms with van der Waals surface area (Å²) >= 11 is 3.67. The molecule has 0 bridgehead atoms. The van der Waals surface area contributed by atoms with Crippen LogP contribution < -0.4 is 19.3 Å². The molecule has 0 saturated carbocycles. The SMILES string of the molecule is COc1cc(Br)c(C[NH+]2CCN(c3ccccc3)CC2)cc1OC. The number of rotatable bonds is 5. The lowest BCUT2D eigenvalue weighted by molar-refractivity contribution is -0.914. The summed E-state index contributed by atoms with van der Waals surface area (Å²) in [6.45, 7) is 5.43. The number of nitrogens with one attached hydrogen (secondary N) is 1. The van der Waals surface area contributed by atoms with E-state index in [4.69, 9.17) is 9.47 Å². The van der Waals surface area contributed by atoms with Gasteiger partial charge in [-0.2, -0.15) is 0 Å². The van der Waals surface area contributed by atoms with Crippen LogP contribution in [0.25, 0.3) is 0 Å². The number of benzene rings is 2. The summed E-state index contributed by atoms with van der Waals surface area (Å²) in [6, 6.07) is 14.7. The monoisotopic (exact) mass is 391 g/mol. The Morgan fingerprint density at radius 2 is 1.62 bits per heavy atom. The number of methoxy groups -OCH3 is 2. The molecule has 24 heavy (non-hydrogen) atoms. The second kappa shape index (κ2) is 7.90. The van der Waals surface area contributed by atoms with E-state index in [-0.39, 0.29) is 0 Å². The first-order valence-corrected chi connectivity index (χ1v) is 9.04. The molecule has 1 aliphatic rings. The average Bonchev–Trinajstić information content (AvgIpc) is 2.64. The number of para-hydroxylation sites is 1. The molecular formula is C19H24BrN2O2+. The van der Waals surface area contributed by atoms with Crippen molar-refractivity contribution in [2.24, 2.45) is 0 Å². The van der Waals surface area contributed by atoms with Crippen LogP contribution in [0.15, 0.2) is 46.9 Å². The Balaban J connectivity index is 1.64. The number of piperazine rings is 1. The first-order chi connectivity index (χ1) is 11.7. The van der Waals surface area contributed by atoms with Gasteiger partial charge in [0.2, 0.25) is 0 Å². The molecule has 0 amide bonds. The number of nitrogens with zero attached hydrogens (tertiary/aromatic N) is 1. The van der Waals surface area contributed by atoms with Crippen LogP contribution in [0.2, 0.25) is 0 Å². The summed E-state index contributed by atoms with van der Waals surface area (Å²) in [5.41, 5.74) is 2.58. The molecule has 1 heterocycles. The minimum atomic E-state index is 0.761. The molecule has 1 saturated heterocycles. The van der Waals surface area contributed by atoms with E-state index in [1.54, 1.807) is 19.1 Å². The molecule has 1 N–H and O–H groups in total. The maximum atomic E-state index is 5.43. The van der Waals surface area contributed by atoms with Crippen molar-refractivity contribution >= 4 is 21.6 Å². The van der Waals surface area contributed by atoms with Crippen molar-refractivity contribution in [3.8, 4) is 11.5 Å². The fraction of sp³-hybridized carbons (Fsp3) is 0.368. The Kier molecular flexibility index (Phi) is 5.63. The summed E-state index contributed by atoms with van der Waals surface area (Å²) in [5.74, 6) is 1.55. The van der Waals surface area contributed by atoms with Gasteiger partial charge in [0.25, 0.3) is 0 Å². The second-order valence-corrected chi connectivity index (χ2v) is 6.90. The Bertz CT molecular complexity index is 671. The maximum Gasteiger partial charge on any atom is 0.161 e. The van der Waals surface area contributed by atoms with Gasteiger partial charge in [-0.15, -0.1) is 0 Å². The summed E-state index contributed by atoms with van der Waals surface area (Å²) < 4.78 is 11.9. The van der Waals surface area contributed by atoms with E-state index in [0.717, 1.165) is 48.7 Å². The molecule has 0 aliphatic carbocycles. The van der Waals surface area contributed by atoms with Gasteiger partial charge in [0.1, 0.15) is 6.54 Å². The molecule has 0 unspecified atom stereocenters. The van der Waals surface area contributed by atoms with Crippen LogP contribution in [0.1, 0.15) is 5.56 Å². The van der Waals surface area contributed by atoms with Crippen molar-refractivity contribution in [2.45, 2.75) is 6.54 Å². The van der Waals surface area contributed by atoms with E-state index < -0.39 is 0 Å². The fourth-order valence-corrected chi connectivity index (χ4v) is 3.66. The van der Waals surface area contributed by atoms with Crippen LogP contribution in [-0.4, -0.2) is 40.4 Å². The lowest BCUT2D eigenvalue weighted by Crippen LogP contribution is -3.13. The highest BCUT2D eigenvalue weighted by Crippen LogP contribution is 2.33. The van der Waals surface area contributed by atoms with Crippen molar-refractivity contribution in [3.63, 3.8) is 0 Å². The lowest BCUT2D eigenvalue weighted by Gasteiger charge is -2.33. The fourth-order valence-electron chi connectivity index (χ4n) is 3.20. The van der Waals surface area contributed by atoms with Gasteiger partial charge in [-0.25, -0.2) is 0 Å². The normalized spacial score (nSPS) is 15.4. The predicted molar refractivity (Wildman–Crippen MR) is 100 cm³/mol. The molecule has 2 aromatic rings. The summed E-state index contributed by atoms with van der Waals surface area (Å²) in [5, 5.41) is 0. The van der Waals surface area contributed by atoms with Crippen LogP contribution >= 0.6 is 15.9 Å². The largest absolute Gasteiger partial charge is 0.493 e. The van der Waals surface area contributed by atoms with E-state index in [9.17, 15) is 0 Å². The third-order valence-electron chi connectivity index (χ3n) is 4.58. The Morgan fingerprint density at radius 1 is 1.00 bits per heavy atom. The molecule has 4 nitrogen and oxygen atoms in total. The standard InChI is InChI=1S/C19H23BrN2O2/c1-23-18-12-15(17(20)13-19(18)24-2)14-21-8-10-22(11-9-21)16-6-4-3-5-7-16/h3-7,12-13H,8-11,14H2,1-2H3/p+1. The van der Waals surface area contributed by atoms with Crippen molar-refractivity contribution < 1.29 is 14.4 Å². The Morgan fingerprint density at radius 3 is 2.25 bits per heavy atom. The smallest absolute Gasteiger partial charge is 0.161 e. The number of hydrogen-bond donors (Lipinski definition) is 1. The number of halogens is 1. The molecule has 3 rings (SSSR count). The highest BCUT2D eigenvalue weighted by Gasteiger charge is 2.22. The molecule has 5 heteroatoms. The van der Waals surface area contributed by atoms with Crippen molar-refractivity contribution in [1.29, 1.82) is 0 Å². The van der Waals surface area contributed by atoms with Gasteiger partial charge in [-0.05, 0) is 24.3 Å². The van der Waals surface area contributed by atoms with Crippen molar-refractivity contribution in [2.75, 3.05) is 45.3 Å². The van der Waals surface area contributed by atoms with Gasteiger partial charge in [0.15, 0.2) is 11.5 Å². The van der Waals surface area contributed by atoms with Gasteiger partial charge in [-0.1, -0.05) is 34.1 Å². The van der Waals surface area contributed by atoms with E-state index in [1.807, 2.05) is 6.07 Å². The van der Waals surface area contributed by atoms with Gasteiger partial charge in [0, 0.05) is 15.7 Å². The van der Waals surface area contributed by atoms with Crippen LogP contribution in [-0.2, 0) is 6.54 Å². The first-order valence-electron chi connectivity index (χ1n) is 8.25. The molecule has 1 fully saturated rings. The maximum absolute atomic E-state index is 5.43. The van der Waals surface area contributed by atoms with Crippen LogP contribution in [0.3, 0.4) is 0 Å². The highest BCUT2D eigenvalue weighted by atomic mass is 79.9. The quantitative estimate of drug-likeness (QED) is 0.847. The molecule has 0 aromatic heterocycles. The van der Waals surface area contributed by atoms with Crippen LogP contribution in [0, 0.1) is 0 Å². The third-order valence-corrected chi connectivity index (χ3v) is 5.32. The molecule has 0 radical (unpaired) electrons. The van der Waals surface area contributed by atoms with E-state index in [0.29, 0.717) is 0 Å². The highest BCUT2D eigenvalue weighted by molar-refractivity contribution is 9.10. The second-order valence-electron chi connectivity index (χ2n) is 6.05. The molecule has 2 aromatic carbocycles. The zero-order chi connectivity index (χ0) is 16.9. The van der Waals surface area contributed by atoms with Gasteiger partial charge in [0.05, 0.1) is 40.4 Å². The van der Waals surface area contributed by atoms with Gasteiger partial charge >= 0.3 is 0 Å². The average molecular weight is 392 g/mol. The predicted octanol–water partition coefficient (Wildman–Crippen LogP) is 2.37. The van der Waals surface area contributed by atoms with Crippen LogP contribution in [0.5, 0.6) is 11.5 Å². The summed E-state index contributed by atoms with van der Waals surface area (Å²) in [7, 11) is 3.35. The Hall–Kier alpha value is -1.72. The van der Waals surface area contributed by atoms with Gasteiger partial charge < -0.3 is 19.3 Å². The van der Waals surface area contributed by atoms with E-state index in [2.05, 4.69) is 57.2 Å². The van der Waals surface area contributed by atoms with E-state index in [1.165, 1.54) is 11.3 Å². The molecule has 0 spiro atoms. The minimum Gasteiger partial charge on any atom is -0.493 e. The molecular weight excluding hydrogens is 368 g/mol.